The Balaban J connectivity index is 1.20. The van der Waals surface area contributed by atoms with Crippen molar-refractivity contribution in [1.29, 1.82) is 0 Å². The monoisotopic (exact) mass is 379 g/mol. The number of fused-ring (bicyclic) bond motifs is 2. The maximum atomic E-state index is 13.1. The lowest BCUT2D eigenvalue weighted by Crippen LogP contribution is -2.39. The fourth-order valence-electron chi connectivity index (χ4n) is 4.80. The van der Waals surface area contributed by atoms with Crippen molar-refractivity contribution in [2.24, 2.45) is 5.92 Å². The molecule has 0 saturated heterocycles. The van der Waals surface area contributed by atoms with Crippen LogP contribution in [0.4, 0.5) is 4.39 Å². The summed E-state index contributed by atoms with van der Waals surface area (Å²) in [6, 6.07) is 14.2. The first-order valence-corrected chi connectivity index (χ1v) is 9.94. The highest BCUT2D eigenvalue weighted by atomic mass is 19.1. The predicted molar refractivity (Wildman–Crippen MR) is 101 cm³/mol. The van der Waals surface area contributed by atoms with Crippen molar-refractivity contribution in [3.8, 4) is 0 Å². The standard InChI is InChI=1S/C23H22FNO3/c24-16-7-5-14(6-8-16)18-13-20(18)25-21(26)15-9-11-23(12-10-15)19-4-2-1-3-17(19)22(27)28-23/h1-8,15,18,20H,9-13H2,(H,25,26)/t15?,18-,20+,23?/m0/s1. The van der Waals surface area contributed by atoms with Gasteiger partial charge in [-0.1, -0.05) is 30.3 Å². The molecule has 2 atom stereocenters. The Morgan fingerprint density at radius 2 is 1.79 bits per heavy atom. The van der Waals surface area contributed by atoms with E-state index >= 15 is 0 Å². The Morgan fingerprint density at radius 1 is 1.07 bits per heavy atom. The summed E-state index contributed by atoms with van der Waals surface area (Å²) < 4.78 is 18.8. The van der Waals surface area contributed by atoms with Crippen LogP contribution in [-0.4, -0.2) is 17.9 Å². The Labute approximate surface area is 163 Å². The minimum Gasteiger partial charge on any atom is -0.451 e. The zero-order valence-corrected chi connectivity index (χ0v) is 15.5. The van der Waals surface area contributed by atoms with Gasteiger partial charge in [0.2, 0.25) is 5.91 Å². The van der Waals surface area contributed by atoms with Crippen molar-refractivity contribution in [2.45, 2.75) is 49.7 Å². The lowest BCUT2D eigenvalue weighted by Gasteiger charge is -2.36. The number of benzene rings is 2. The molecule has 0 aromatic heterocycles. The van der Waals surface area contributed by atoms with Gasteiger partial charge >= 0.3 is 5.97 Å². The van der Waals surface area contributed by atoms with Crippen LogP contribution in [0.3, 0.4) is 0 Å². The first-order chi connectivity index (χ1) is 13.6. The largest absolute Gasteiger partial charge is 0.451 e. The summed E-state index contributed by atoms with van der Waals surface area (Å²) in [6.45, 7) is 0. The van der Waals surface area contributed by atoms with Gasteiger partial charge in [-0.3, -0.25) is 4.79 Å². The van der Waals surface area contributed by atoms with Crippen LogP contribution in [0.15, 0.2) is 48.5 Å². The Morgan fingerprint density at radius 3 is 2.54 bits per heavy atom. The van der Waals surface area contributed by atoms with Gasteiger partial charge in [-0.25, -0.2) is 9.18 Å². The maximum absolute atomic E-state index is 13.1. The summed E-state index contributed by atoms with van der Waals surface area (Å²) in [5.74, 6) is -0.176. The van der Waals surface area contributed by atoms with E-state index in [4.69, 9.17) is 4.74 Å². The molecule has 2 aliphatic carbocycles. The summed E-state index contributed by atoms with van der Waals surface area (Å²) in [6.07, 6.45) is 3.68. The van der Waals surface area contributed by atoms with Gasteiger partial charge in [0.05, 0.1) is 5.56 Å². The van der Waals surface area contributed by atoms with E-state index in [1.54, 1.807) is 12.1 Å². The van der Waals surface area contributed by atoms with E-state index < -0.39 is 5.60 Å². The number of carbonyl (C=O) groups excluding carboxylic acids is 2. The van der Waals surface area contributed by atoms with E-state index in [1.165, 1.54) is 12.1 Å². The molecule has 144 valence electrons. The number of ether oxygens (including phenoxy) is 1. The molecule has 1 aliphatic heterocycles. The van der Waals surface area contributed by atoms with Crippen LogP contribution < -0.4 is 5.32 Å². The zero-order valence-electron chi connectivity index (χ0n) is 15.5. The van der Waals surface area contributed by atoms with Gasteiger partial charge in [-0.2, -0.15) is 0 Å². The van der Waals surface area contributed by atoms with E-state index in [0.717, 1.165) is 17.5 Å². The second-order valence-electron chi connectivity index (χ2n) is 8.21. The van der Waals surface area contributed by atoms with Gasteiger partial charge in [0.15, 0.2) is 0 Å². The number of hydrogen-bond donors (Lipinski definition) is 1. The Hall–Kier alpha value is -2.69. The highest BCUT2D eigenvalue weighted by molar-refractivity contribution is 5.94. The van der Waals surface area contributed by atoms with Crippen LogP contribution in [0.2, 0.25) is 0 Å². The number of halogens is 1. The molecule has 0 unspecified atom stereocenters. The third-order valence-corrected chi connectivity index (χ3v) is 6.51. The number of rotatable bonds is 3. The SMILES string of the molecule is O=C1OC2(CCC(C(=O)N[C@@H]3C[C@H]3c3ccc(F)cc3)CC2)c2ccccc21. The Bertz CT molecular complexity index is 931. The molecule has 4 nitrogen and oxygen atoms in total. The molecule has 0 bridgehead atoms. The topological polar surface area (TPSA) is 55.4 Å². The molecule has 2 aromatic carbocycles. The smallest absolute Gasteiger partial charge is 0.339 e. The van der Waals surface area contributed by atoms with E-state index in [2.05, 4.69) is 5.32 Å². The molecular formula is C23H22FNO3. The number of carbonyl (C=O) groups is 2. The van der Waals surface area contributed by atoms with Crippen LogP contribution in [0, 0.1) is 11.7 Å². The van der Waals surface area contributed by atoms with Gasteiger partial charge in [-0.15, -0.1) is 0 Å². The van der Waals surface area contributed by atoms with E-state index in [1.807, 2.05) is 24.3 Å². The van der Waals surface area contributed by atoms with Gasteiger partial charge in [0.1, 0.15) is 11.4 Å². The van der Waals surface area contributed by atoms with E-state index in [0.29, 0.717) is 31.2 Å². The minimum atomic E-state index is -0.555. The fraction of sp³-hybridized carbons (Fsp3) is 0.391. The summed E-state index contributed by atoms with van der Waals surface area (Å²) in [7, 11) is 0. The molecule has 5 heteroatoms. The van der Waals surface area contributed by atoms with Crippen molar-refractivity contribution in [1.82, 2.24) is 5.32 Å². The molecule has 2 aromatic rings. The highest BCUT2D eigenvalue weighted by Crippen LogP contribution is 2.48. The van der Waals surface area contributed by atoms with Crippen molar-refractivity contribution >= 4 is 11.9 Å². The molecule has 3 aliphatic rings. The third kappa shape index (κ3) is 2.89. The molecule has 2 fully saturated rings. The molecule has 1 heterocycles. The lowest BCUT2D eigenvalue weighted by atomic mass is 9.74. The number of nitrogens with one attached hydrogen (secondary N) is 1. The molecule has 0 radical (unpaired) electrons. The highest BCUT2D eigenvalue weighted by Gasteiger charge is 2.49. The first-order valence-electron chi connectivity index (χ1n) is 9.94. The lowest BCUT2D eigenvalue weighted by molar-refractivity contribution is -0.128. The second kappa shape index (κ2) is 6.43. The van der Waals surface area contributed by atoms with Crippen LogP contribution in [0.1, 0.15) is 59.5 Å². The minimum absolute atomic E-state index is 0.0495. The predicted octanol–water partition coefficient (Wildman–Crippen LogP) is 4.05. The molecular weight excluding hydrogens is 357 g/mol. The quantitative estimate of drug-likeness (QED) is 0.819. The van der Waals surface area contributed by atoms with Crippen LogP contribution in [-0.2, 0) is 15.1 Å². The molecule has 5 rings (SSSR count). The zero-order chi connectivity index (χ0) is 19.3. The molecule has 1 amide bonds. The van der Waals surface area contributed by atoms with Crippen LogP contribution in [0.25, 0.3) is 0 Å². The number of amides is 1. The summed E-state index contributed by atoms with van der Waals surface area (Å²) in [4.78, 5) is 24.9. The van der Waals surface area contributed by atoms with Gasteiger partial charge in [0, 0.05) is 23.4 Å². The molecule has 2 saturated carbocycles. The fourth-order valence-corrected chi connectivity index (χ4v) is 4.80. The summed E-state index contributed by atoms with van der Waals surface area (Å²) in [5, 5.41) is 3.15. The van der Waals surface area contributed by atoms with Crippen molar-refractivity contribution < 1.29 is 18.7 Å². The molecule has 28 heavy (non-hydrogen) atoms. The normalized spacial score (nSPS) is 30.6. The first kappa shape index (κ1) is 17.4. The van der Waals surface area contributed by atoms with Crippen LogP contribution in [0.5, 0.6) is 0 Å². The third-order valence-electron chi connectivity index (χ3n) is 6.51. The Kier molecular flexibility index (Phi) is 4.00. The summed E-state index contributed by atoms with van der Waals surface area (Å²) in [5.41, 5.74) is 2.15. The van der Waals surface area contributed by atoms with Gasteiger partial charge in [0.25, 0.3) is 0 Å². The molecule has 1 N–H and O–H groups in total. The van der Waals surface area contributed by atoms with Gasteiger partial charge in [-0.05, 0) is 55.9 Å². The average Bonchev–Trinajstić information content (AvgIpc) is 3.42. The number of hydrogen-bond acceptors (Lipinski definition) is 3. The van der Waals surface area contributed by atoms with E-state index in [9.17, 15) is 14.0 Å². The summed E-state index contributed by atoms with van der Waals surface area (Å²) >= 11 is 0. The van der Waals surface area contributed by atoms with Gasteiger partial charge < -0.3 is 10.1 Å². The van der Waals surface area contributed by atoms with E-state index in [-0.39, 0.29) is 35.6 Å². The second-order valence-corrected chi connectivity index (χ2v) is 8.21. The molecule has 1 spiro atoms. The van der Waals surface area contributed by atoms with Crippen molar-refractivity contribution in [3.63, 3.8) is 0 Å². The number of esters is 1. The van der Waals surface area contributed by atoms with Crippen molar-refractivity contribution in [2.75, 3.05) is 0 Å². The van der Waals surface area contributed by atoms with Crippen LogP contribution >= 0.6 is 0 Å². The van der Waals surface area contributed by atoms with Crippen molar-refractivity contribution in [3.05, 3.63) is 71.0 Å². The average molecular weight is 379 g/mol. The maximum Gasteiger partial charge on any atom is 0.339 e.